The minimum absolute atomic E-state index is 0.321. The van der Waals surface area contributed by atoms with Crippen LogP contribution in [0.2, 0.25) is 4.34 Å². The van der Waals surface area contributed by atoms with E-state index in [1.54, 1.807) is 10.4 Å². The summed E-state index contributed by atoms with van der Waals surface area (Å²) in [6.45, 7) is 3.35. The maximum atomic E-state index is 12.6. The van der Waals surface area contributed by atoms with E-state index >= 15 is 0 Å². The monoisotopic (exact) mass is 477 g/mol. The van der Waals surface area contributed by atoms with E-state index in [0.29, 0.717) is 36.9 Å². The van der Waals surface area contributed by atoms with E-state index in [0.717, 1.165) is 37.0 Å². The van der Waals surface area contributed by atoms with Crippen LogP contribution in [0.5, 0.6) is 0 Å². The lowest BCUT2D eigenvalue weighted by Gasteiger charge is -2.33. The Bertz CT molecular complexity index is 563. The molecule has 120 valence electrons. The Morgan fingerprint density at radius 1 is 1.48 bits per heavy atom. The Hall–Kier alpha value is 0.860. The quantitative estimate of drug-likeness (QED) is 0.549. The van der Waals surface area contributed by atoms with Crippen LogP contribution in [0, 0.1) is 5.92 Å². The molecule has 21 heavy (non-hydrogen) atoms. The fraction of sp³-hybridized carbons (Fsp3) is 0.692. The van der Waals surface area contributed by atoms with Gasteiger partial charge < -0.3 is 0 Å². The van der Waals surface area contributed by atoms with Gasteiger partial charge in [-0.15, -0.1) is 11.3 Å². The number of thiophene rings is 1. The predicted octanol–water partition coefficient (Wildman–Crippen LogP) is 5.13. The highest BCUT2D eigenvalue weighted by Crippen LogP contribution is 2.37. The SMILES string of the molecule is CCCC(Br)C1CCN(S(=O)(=O)c2cc(Br)c(Cl)s2)CC1. The Morgan fingerprint density at radius 2 is 2.10 bits per heavy atom. The first kappa shape index (κ1) is 18.2. The van der Waals surface area contributed by atoms with Gasteiger partial charge in [0.2, 0.25) is 0 Å². The van der Waals surface area contributed by atoms with Gasteiger partial charge in [-0.3, -0.25) is 0 Å². The molecule has 0 spiro atoms. The molecule has 1 aliphatic heterocycles. The molecular weight excluding hydrogens is 462 g/mol. The lowest BCUT2D eigenvalue weighted by molar-refractivity contribution is 0.267. The standard InChI is InChI=1S/C13H18Br2ClNO2S2/c1-2-3-10(14)9-4-6-17(7-5-9)21(18,19)12-8-11(15)13(16)20-12/h8-10H,2-7H2,1H3. The van der Waals surface area contributed by atoms with Crippen molar-refractivity contribution in [1.29, 1.82) is 0 Å². The van der Waals surface area contributed by atoms with Gasteiger partial charge >= 0.3 is 0 Å². The zero-order valence-corrected chi connectivity index (χ0v) is 17.2. The number of piperidine rings is 1. The molecule has 0 amide bonds. The van der Waals surface area contributed by atoms with Crippen molar-refractivity contribution in [1.82, 2.24) is 4.31 Å². The first-order valence-corrected chi connectivity index (χ1v) is 11.3. The normalized spacial score (nSPS) is 19.8. The number of rotatable bonds is 5. The summed E-state index contributed by atoms with van der Waals surface area (Å²) >= 11 is 14.1. The van der Waals surface area contributed by atoms with Crippen LogP contribution < -0.4 is 0 Å². The maximum absolute atomic E-state index is 12.6. The summed E-state index contributed by atoms with van der Waals surface area (Å²) in [5, 5.41) is 0. The number of hydrogen-bond donors (Lipinski definition) is 0. The Labute approximate surface area is 152 Å². The van der Waals surface area contributed by atoms with Crippen LogP contribution in [0.1, 0.15) is 32.6 Å². The number of sulfonamides is 1. The lowest BCUT2D eigenvalue weighted by Crippen LogP contribution is -2.40. The van der Waals surface area contributed by atoms with Crippen molar-refractivity contribution in [3.8, 4) is 0 Å². The van der Waals surface area contributed by atoms with E-state index in [1.807, 2.05) is 0 Å². The second-order valence-electron chi connectivity index (χ2n) is 5.23. The predicted molar refractivity (Wildman–Crippen MR) is 96.1 cm³/mol. The average molecular weight is 480 g/mol. The second kappa shape index (κ2) is 7.62. The minimum Gasteiger partial charge on any atom is -0.206 e. The van der Waals surface area contributed by atoms with Crippen LogP contribution in [0.15, 0.2) is 14.7 Å². The third-order valence-corrected chi connectivity index (χ3v) is 9.82. The van der Waals surface area contributed by atoms with Crippen molar-refractivity contribution in [2.45, 2.75) is 41.6 Å². The van der Waals surface area contributed by atoms with Gasteiger partial charge in [-0.1, -0.05) is 40.9 Å². The second-order valence-corrected chi connectivity index (χ2v) is 11.1. The van der Waals surface area contributed by atoms with Crippen LogP contribution >= 0.6 is 54.8 Å². The fourth-order valence-corrected chi connectivity index (χ4v) is 7.48. The van der Waals surface area contributed by atoms with Gasteiger partial charge in [-0.05, 0) is 47.2 Å². The number of alkyl halides is 1. The highest BCUT2D eigenvalue weighted by Gasteiger charge is 2.32. The summed E-state index contributed by atoms with van der Waals surface area (Å²) in [7, 11) is -3.40. The van der Waals surface area contributed by atoms with Gasteiger partial charge in [-0.2, -0.15) is 4.31 Å². The van der Waals surface area contributed by atoms with E-state index in [1.165, 1.54) is 0 Å². The third-order valence-electron chi connectivity index (χ3n) is 3.79. The molecule has 0 aliphatic carbocycles. The van der Waals surface area contributed by atoms with Crippen LogP contribution in [-0.4, -0.2) is 30.6 Å². The Balaban J connectivity index is 2.04. The summed E-state index contributed by atoms with van der Waals surface area (Å²) < 4.78 is 28.2. The number of halogens is 3. The summed E-state index contributed by atoms with van der Waals surface area (Å²) in [5.41, 5.74) is 0. The Kier molecular flexibility index (Phi) is 6.60. The van der Waals surface area contributed by atoms with Gasteiger partial charge in [0, 0.05) is 22.4 Å². The molecular formula is C13H18Br2ClNO2S2. The largest absolute Gasteiger partial charge is 0.252 e. The summed E-state index contributed by atoms with van der Waals surface area (Å²) in [6.07, 6.45) is 4.12. The summed E-state index contributed by atoms with van der Waals surface area (Å²) in [5.74, 6) is 0.565. The summed E-state index contributed by atoms with van der Waals surface area (Å²) in [6, 6.07) is 1.60. The van der Waals surface area contributed by atoms with Crippen molar-refractivity contribution in [2.24, 2.45) is 5.92 Å². The maximum Gasteiger partial charge on any atom is 0.252 e. The lowest BCUT2D eigenvalue weighted by atomic mass is 9.92. The molecule has 1 atom stereocenters. The molecule has 0 N–H and O–H groups in total. The minimum atomic E-state index is -3.40. The fourth-order valence-electron chi connectivity index (χ4n) is 2.57. The molecule has 1 unspecified atom stereocenters. The molecule has 1 saturated heterocycles. The number of nitrogens with zero attached hydrogens (tertiary/aromatic N) is 1. The molecule has 0 radical (unpaired) electrons. The zero-order valence-electron chi connectivity index (χ0n) is 11.7. The first-order chi connectivity index (χ1) is 9.86. The zero-order chi connectivity index (χ0) is 15.6. The molecule has 1 aliphatic rings. The van der Waals surface area contributed by atoms with Crippen LogP contribution in [-0.2, 0) is 10.0 Å². The topological polar surface area (TPSA) is 37.4 Å². The van der Waals surface area contributed by atoms with Crippen LogP contribution in [0.3, 0.4) is 0 Å². The highest BCUT2D eigenvalue weighted by molar-refractivity contribution is 9.10. The van der Waals surface area contributed by atoms with Gasteiger partial charge in [0.25, 0.3) is 10.0 Å². The molecule has 0 aromatic carbocycles. The van der Waals surface area contributed by atoms with Crippen molar-refractivity contribution < 1.29 is 8.42 Å². The third kappa shape index (κ3) is 4.23. The van der Waals surface area contributed by atoms with Crippen molar-refractivity contribution in [2.75, 3.05) is 13.1 Å². The van der Waals surface area contributed by atoms with Crippen molar-refractivity contribution in [3.05, 3.63) is 14.9 Å². The smallest absolute Gasteiger partial charge is 0.206 e. The van der Waals surface area contributed by atoms with Gasteiger partial charge in [0.1, 0.15) is 8.55 Å². The van der Waals surface area contributed by atoms with Crippen LogP contribution in [0.25, 0.3) is 0 Å². The van der Waals surface area contributed by atoms with E-state index in [9.17, 15) is 8.42 Å². The molecule has 1 aromatic heterocycles. The first-order valence-electron chi connectivity index (χ1n) is 6.95. The van der Waals surface area contributed by atoms with E-state index in [2.05, 4.69) is 38.8 Å². The molecule has 8 heteroatoms. The molecule has 0 bridgehead atoms. The molecule has 0 saturated carbocycles. The average Bonchev–Trinajstić information content (AvgIpc) is 2.80. The molecule has 3 nitrogen and oxygen atoms in total. The van der Waals surface area contributed by atoms with Crippen molar-refractivity contribution >= 4 is 64.8 Å². The van der Waals surface area contributed by atoms with Gasteiger partial charge in [0.05, 0.1) is 0 Å². The van der Waals surface area contributed by atoms with Crippen LogP contribution in [0.4, 0.5) is 0 Å². The number of hydrogen-bond acceptors (Lipinski definition) is 3. The molecule has 2 heterocycles. The Morgan fingerprint density at radius 3 is 2.57 bits per heavy atom. The molecule has 1 fully saturated rings. The highest BCUT2D eigenvalue weighted by atomic mass is 79.9. The van der Waals surface area contributed by atoms with E-state index in [-0.39, 0.29) is 0 Å². The summed E-state index contributed by atoms with van der Waals surface area (Å²) in [4.78, 5) is 0.498. The van der Waals surface area contributed by atoms with E-state index in [4.69, 9.17) is 11.6 Å². The van der Waals surface area contributed by atoms with Gasteiger partial charge in [-0.25, -0.2) is 8.42 Å². The van der Waals surface area contributed by atoms with Crippen molar-refractivity contribution in [3.63, 3.8) is 0 Å². The van der Waals surface area contributed by atoms with Gasteiger partial charge in [0.15, 0.2) is 0 Å². The van der Waals surface area contributed by atoms with E-state index < -0.39 is 10.0 Å². The molecule has 1 aromatic rings. The molecule has 2 rings (SSSR count).